The van der Waals surface area contributed by atoms with E-state index in [1.54, 1.807) is 6.26 Å². The number of allylic oxidation sites excluding steroid dienone is 2. The molecule has 96 valence electrons. The van der Waals surface area contributed by atoms with Crippen molar-refractivity contribution in [1.29, 1.82) is 0 Å². The maximum absolute atomic E-state index is 5.06. The molecule has 0 radical (unpaired) electrons. The van der Waals surface area contributed by atoms with E-state index in [-0.39, 0.29) is 0 Å². The lowest BCUT2D eigenvalue weighted by atomic mass is 10.1. The smallest absolute Gasteiger partial charge is 0.179 e. The van der Waals surface area contributed by atoms with Crippen molar-refractivity contribution < 1.29 is 4.52 Å². The Balaban J connectivity index is 3.16. The first-order valence-corrected chi connectivity index (χ1v) is 6.58. The lowest BCUT2D eigenvalue weighted by Crippen LogP contribution is -2.24. The minimum Gasteiger partial charge on any atom is -0.362 e. The molecule has 0 saturated heterocycles. The average molecular weight is 236 g/mol. The summed E-state index contributed by atoms with van der Waals surface area (Å²) in [6.45, 7) is 11.8. The summed E-state index contributed by atoms with van der Waals surface area (Å²) in [6.07, 6.45) is 4.96. The second-order valence-electron chi connectivity index (χ2n) is 4.18. The van der Waals surface area contributed by atoms with Gasteiger partial charge in [-0.05, 0) is 33.1 Å². The molecular formula is C14H24N2O. The van der Waals surface area contributed by atoms with Gasteiger partial charge in [-0.25, -0.2) is 0 Å². The molecule has 0 spiro atoms. The molecular weight excluding hydrogens is 212 g/mol. The maximum atomic E-state index is 5.06. The second kappa shape index (κ2) is 6.48. The van der Waals surface area contributed by atoms with Crippen molar-refractivity contribution in [2.24, 2.45) is 0 Å². The van der Waals surface area contributed by atoms with Crippen LogP contribution in [-0.2, 0) is 0 Å². The molecule has 3 heteroatoms. The fourth-order valence-corrected chi connectivity index (χ4v) is 2.30. The van der Waals surface area contributed by atoms with Crippen molar-refractivity contribution in [2.75, 3.05) is 11.4 Å². The van der Waals surface area contributed by atoms with E-state index in [0.717, 1.165) is 37.2 Å². The molecule has 1 heterocycles. The standard InChI is InChI=1S/C14H24N2O/c1-6-12(7-2)13(8-3)16(9-4)14-11(5)10-17-15-14/h10H,6-9H2,1-5H3. The van der Waals surface area contributed by atoms with E-state index in [9.17, 15) is 0 Å². The highest BCUT2D eigenvalue weighted by Crippen LogP contribution is 2.27. The van der Waals surface area contributed by atoms with Crippen molar-refractivity contribution in [3.8, 4) is 0 Å². The molecule has 0 saturated carbocycles. The Hall–Kier alpha value is -1.25. The molecule has 0 N–H and O–H groups in total. The highest BCUT2D eigenvalue weighted by molar-refractivity contribution is 5.51. The topological polar surface area (TPSA) is 29.3 Å². The number of hydrogen-bond donors (Lipinski definition) is 0. The summed E-state index contributed by atoms with van der Waals surface area (Å²) in [5, 5.41) is 4.12. The molecule has 17 heavy (non-hydrogen) atoms. The van der Waals surface area contributed by atoms with Gasteiger partial charge < -0.3 is 9.42 Å². The summed E-state index contributed by atoms with van der Waals surface area (Å²) in [6, 6.07) is 0. The lowest BCUT2D eigenvalue weighted by molar-refractivity contribution is 0.419. The molecule has 0 bridgehead atoms. The van der Waals surface area contributed by atoms with Crippen LogP contribution in [0.25, 0.3) is 0 Å². The van der Waals surface area contributed by atoms with E-state index in [4.69, 9.17) is 4.52 Å². The van der Waals surface area contributed by atoms with E-state index in [0.29, 0.717) is 0 Å². The Morgan fingerprint density at radius 2 is 1.82 bits per heavy atom. The monoisotopic (exact) mass is 236 g/mol. The normalized spacial score (nSPS) is 10.4. The van der Waals surface area contributed by atoms with Gasteiger partial charge in [0.1, 0.15) is 6.26 Å². The predicted molar refractivity (Wildman–Crippen MR) is 72.2 cm³/mol. The quantitative estimate of drug-likeness (QED) is 0.737. The third kappa shape index (κ3) is 2.90. The molecule has 0 unspecified atom stereocenters. The van der Waals surface area contributed by atoms with Crippen LogP contribution < -0.4 is 4.90 Å². The van der Waals surface area contributed by atoms with Crippen LogP contribution in [0.1, 0.15) is 52.5 Å². The molecule has 0 aliphatic carbocycles. The van der Waals surface area contributed by atoms with Crippen LogP contribution in [0.4, 0.5) is 5.82 Å². The van der Waals surface area contributed by atoms with E-state index in [1.807, 2.05) is 6.92 Å². The van der Waals surface area contributed by atoms with Crippen LogP contribution >= 0.6 is 0 Å². The van der Waals surface area contributed by atoms with Gasteiger partial charge in [0, 0.05) is 17.8 Å². The zero-order chi connectivity index (χ0) is 12.8. The van der Waals surface area contributed by atoms with Gasteiger partial charge in [0.25, 0.3) is 0 Å². The van der Waals surface area contributed by atoms with Gasteiger partial charge in [0.2, 0.25) is 0 Å². The Morgan fingerprint density at radius 1 is 1.18 bits per heavy atom. The number of nitrogens with zero attached hydrogens (tertiary/aromatic N) is 2. The zero-order valence-electron chi connectivity index (χ0n) is 11.7. The Bertz CT molecular complexity index is 373. The van der Waals surface area contributed by atoms with Gasteiger partial charge in [-0.2, -0.15) is 0 Å². The zero-order valence-corrected chi connectivity index (χ0v) is 11.7. The van der Waals surface area contributed by atoms with Crippen molar-refractivity contribution in [1.82, 2.24) is 5.16 Å². The fourth-order valence-electron chi connectivity index (χ4n) is 2.30. The van der Waals surface area contributed by atoms with Crippen LogP contribution in [0.15, 0.2) is 22.1 Å². The molecule has 0 aliphatic heterocycles. The van der Waals surface area contributed by atoms with Gasteiger partial charge in [-0.3, -0.25) is 0 Å². The summed E-state index contributed by atoms with van der Waals surface area (Å²) >= 11 is 0. The SMILES string of the molecule is CCC(CC)=C(CC)N(CC)c1nocc1C. The van der Waals surface area contributed by atoms with Crippen molar-refractivity contribution in [2.45, 2.75) is 53.9 Å². The molecule has 1 aromatic heterocycles. The predicted octanol–water partition coefficient (Wildman–Crippen LogP) is 4.29. The Kier molecular flexibility index (Phi) is 5.26. The number of rotatable bonds is 6. The first-order valence-electron chi connectivity index (χ1n) is 6.58. The van der Waals surface area contributed by atoms with Gasteiger partial charge in [-0.1, -0.05) is 31.5 Å². The van der Waals surface area contributed by atoms with Crippen LogP contribution in [-0.4, -0.2) is 11.7 Å². The molecule has 3 nitrogen and oxygen atoms in total. The van der Waals surface area contributed by atoms with Crippen LogP contribution in [0.2, 0.25) is 0 Å². The number of aromatic nitrogens is 1. The highest BCUT2D eigenvalue weighted by Gasteiger charge is 2.17. The van der Waals surface area contributed by atoms with Crippen LogP contribution in [0.5, 0.6) is 0 Å². The third-order valence-corrected chi connectivity index (χ3v) is 3.22. The molecule has 1 aromatic rings. The first kappa shape index (κ1) is 13.8. The van der Waals surface area contributed by atoms with Gasteiger partial charge in [-0.15, -0.1) is 0 Å². The highest BCUT2D eigenvalue weighted by atomic mass is 16.5. The first-order chi connectivity index (χ1) is 8.19. The summed E-state index contributed by atoms with van der Waals surface area (Å²) in [4.78, 5) is 2.28. The minimum atomic E-state index is 0.931. The third-order valence-electron chi connectivity index (χ3n) is 3.22. The molecule has 0 amide bonds. The Labute approximate surface area is 104 Å². The van der Waals surface area contributed by atoms with E-state index in [2.05, 4.69) is 37.8 Å². The van der Waals surface area contributed by atoms with Gasteiger partial charge in [0.05, 0.1) is 0 Å². The van der Waals surface area contributed by atoms with Crippen molar-refractivity contribution in [3.63, 3.8) is 0 Å². The summed E-state index contributed by atoms with van der Waals surface area (Å²) in [5.74, 6) is 0.962. The molecule has 0 aliphatic rings. The van der Waals surface area contributed by atoms with E-state index < -0.39 is 0 Å². The van der Waals surface area contributed by atoms with Gasteiger partial charge >= 0.3 is 0 Å². The number of aryl methyl sites for hydroxylation is 1. The molecule has 0 aromatic carbocycles. The maximum Gasteiger partial charge on any atom is 0.179 e. The molecule has 0 atom stereocenters. The van der Waals surface area contributed by atoms with Crippen molar-refractivity contribution in [3.05, 3.63) is 23.1 Å². The van der Waals surface area contributed by atoms with Crippen LogP contribution in [0.3, 0.4) is 0 Å². The average Bonchev–Trinajstić information content (AvgIpc) is 2.76. The summed E-state index contributed by atoms with van der Waals surface area (Å²) in [5.41, 5.74) is 4.01. The van der Waals surface area contributed by atoms with Crippen molar-refractivity contribution >= 4 is 5.82 Å². The van der Waals surface area contributed by atoms with Crippen LogP contribution in [0, 0.1) is 6.92 Å². The summed E-state index contributed by atoms with van der Waals surface area (Å²) in [7, 11) is 0. The van der Waals surface area contributed by atoms with E-state index in [1.165, 1.54) is 11.3 Å². The molecule has 1 rings (SSSR count). The number of anilines is 1. The molecule has 0 fully saturated rings. The minimum absolute atomic E-state index is 0.931. The van der Waals surface area contributed by atoms with E-state index >= 15 is 0 Å². The lowest BCUT2D eigenvalue weighted by Gasteiger charge is -2.26. The Morgan fingerprint density at radius 3 is 2.18 bits per heavy atom. The largest absolute Gasteiger partial charge is 0.362 e. The summed E-state index contributed by atoms with van der Waals surface area (Å²) < 4.78 is 5.06. The number of hydrogen-bond acceptors (Lipinski definition) is 3. The second-order valence-corrected chi connectivity index (χ2v) is 4.18. The fraction of sp³-hybridized carbons (Fsp3) is 0.643. The van der Waals surface area contributed by atoms with Gasteiger partial charge in [0.15, 0.2) is 5.82 Å².